The average molecular weight is 153 g/mol. The third-order valence-corrected chi connectivity index (χ3v) is 1.72. The second-order valence-electron chi connectivity index (χ2n) is 2.75. The Morgan fingerprint density at radius 2 is 2.18 bits per heavy atom. The van der Waals surface area contributed by atoms with Crippen molar-refractivity contribution in [1.82, 2.24) is 0 Å². The third kappa shape index (κ3) is 5.86. The fourth-order valence-corrected chi connectivity index (χ4v) is 1.16. The maximum absolute atomic E-state index is 5.47. The van der Waals surface area contributed by atoms with Crippen LogP contribution < -0.4 is 5.73 Å². The predicted octanol–water partition coefficient (Wildman–Crippen LogP) is 2.49. The Kier molecular flexibility index (Phi) is 7.16. The minimum atomic E-state index is 0.656. The summed E-state index contributed by atoms with van der Waals surface area (Å²) in [4.78, 5) is 0. The zero-order valence-electron chi connectivity index (χ0n) is 7.42. The van der Waals surface area contributed by atoms with E-state index < -0.39 is 0 Å². The lowest BCUT2D eigenvalue weighted by Gasteiger charge is -2.08. The molecule has 0 rings (SSSR count). The van der Waals surface area contributed by atoms with Crippen molar-refractivity contribution in [1.29, 1.82) is 0 Å². The molecule has 0 aromatic rings. The molecule has 0 heterocycles. The van der Waals surface area contributed by atoms with Crippen LogP contribution in [0, 0.1) is 5.92 Å². The van der Waals surface area contributed by atoms with Crippen molar-refractivity contribution in [2.24, 2.45) is 11.7 Å². The molecule has 0 radical (unpaired) electrons. The molecule has 0 aliphatic rings. The summed E-state index contributed by atoms with van der Waals surface area (Å²) in [6.45, 7) is 6.62. The zero-order chi connectivity index (χ0) is 8.53. The molecule has 0 aliphatic carbocycles. The Morgan fingerprint density at radius 1 is 1.45 bits per heavy atom. The lowest BCUT2D eigenvalue weighted by molar-refractivity contribution is 0.544. The van der Waals surface area contributed by atoms with Crippen LogP contribution in [0.5, 0.6) is 0 Å². The van der Waals surface area contributed by atoms with Crippen LogP contribution >= 0.6 is 0 Å². The second kappa shape index (κ2) is 7.55. The van der Waals surface area contributed by atoms with Gasteiger partial charge in [-0.1, -0.05) is 38.2 Å². The van der Waals surface area contributed by atoms with Gasteiger partial charge in [0.25, 0.3) is 0 Å². The second-order valence-corrected chi connectivity index (χ2v) is 2.75. The number of nitrogens with two attached hydrogens (primary N) is 1. The summed E-state index contributed by atoms with van der Waals surface area (Å²) in [5.74, 6) is 0.656. The van der Waals surface area contributed by atoms with Gasteiger partial charge in [-0.2, -0.15) is 0 Å². The average Bonchev–Trinajstić information content (AvgIpc) is 2.01. The zero-order valence-corrected chi connectivity index (χ0v) is 7.42. The van der Waals surface area contributed by atoms with Crippen LogP contribution in [-0.4, -0.2) is 6.54 Å². The van der Waals surface area contributed by atoms with E-state index in [1.165, 1.54) is 12.8 Å². The molecule has 1 nitrogen and oxygen atoms in total. The first-order valence-electron chi connectivity index (χ1n) is 4.34. The molecule has 11 heavy (non-hydrogen) atoms. The molecule has 64 valence electrons. The number of hydrogen-bond acceptors (Lipinski definition) is 1. The van der Waals surface area contributed by atoms with Gasteiger partial charge in [-0.25, -0.2) is 0 Å². The Labute approximate surface area is 70.0 Å². The highest BCUT2D eigenvalue weighted by Gasteiger charge is 2.00. The van der Waals surface area contributed by atoms with E-state index in [1.807, 2.05) is 12.2 Å². The minimum Gasteiger partial charge on any atom is -0.330 e. The molecule has 0 fully saturated rings. The van der Waals surface area contributed by atoms with E-state index in [-0.39, 0.29) is 0 Å². The fourth-order valence-electron chi connectivity index (χ4n) is 1.16. The van der Waals surface area contributed by atoms with Gasteiger partial charge >= 0.3 is 0 Å². The summed E-state index contributed by atoms with van der Waals surface area (Å²) in [5.41, 5.74) is 5.47. The van der Waals surface area contributed by atoms with Gasteiger partial charge in [0.15, 0.2) is 0 Å². The fraction of sp³-hybridized carbons (Fsp3) is 0.600. The summed E-state index contributed by atoms with van der Waals surface area (Å²) in [5, 5.41) is 0. The van der Waals surface area contributed by atoms with E-state index in [0.717, 1.165) is 13.0 Å². The third-order valence-electron chi connectivity index (χ3n) is 1.72. The van der Waals surface area contributed by atoms with Gasteiger partial charge in [-0.3, -0.25) is 0 Å². The number of rotatable bonds is 6. The minimum absolute atomic E-state index is 0.656. The first-order valence-corrected chi connectivity index (χ1v) is 4.34. The molecule has 0 aromatic carbocycles. The van der Waals surface area contributed by atoms with Crippen molar-refractivity contribution >= 4 is 0 Å². The summed E-state index contributed by atoms with van der Waals surface area (Å²) in [7, 11) is 0. The predicted molar refractivity (Wildman–Crippen MR) is 51.4 cm³/mol. The standard InChI is InChI=1S/C10H19N/c1-3-5-7-10(6-4-2)8-9-11/h3,5,7,10H,1,4,6,8-9,11H2,2H3/b7-5-. The van der Waals surface area contributed by atoms with Gasteiger partial charge in [-0.15, -0.1) is 0 Å². The van der Waals surface area contributed by atoms with Gasteiger partial charge in [-0.05, 0) is 25.3 Å². The van der Waals surface area contributed by atoms with Crippen molar-refractivity contribution in [3.8, 4) is 0 Å². The molecule has 0 spiro atoms. The van der Waals surface area contributed by atoms with Crippen LogP contribution in [0.1, 0.15) is 26.2 Å². The molecule has 0 bridgehead atoms. The van der Waals surface area contributed by atoms with Crippen LogP contribution in [0.15, 0.2) is 24.8 Å². The molecule has 0 saturated carbocycles. The Bertz CT molecular complexity index is 110. The highest BCUT2D eigenvalue weighted by Crippen LogP contribution is 2.11. The first kappa shape index (κ1) is 10.4. The van der Waals surface area contributed by atoms with Crippen molar-refractivity contribution in [2.45, 2.75) is 26.2 Å². The summed E-state index contributed by atoms with van der Waals surface area (Å²) in [6, 6.07) is 0. The van der Waals surface area contributed by atoms with E-state index in [4.69, 9.17) is 5.73 Å². The van der Waals surface area contributed by atoms with Crippen molar-refractivity contribution in [2.75, 3.05) is 6.54 Å². The van der Waals surface area contributed by atoms with Gasteiger partial charge in [0.05, 0.1) is 0 Å². The molecule has 1 atom stereocenters. The molecule has 0 aromatic heterocycles. The van der Waals surface area contributed by atoms with Crippen LogP contribution in [0.25, 0.3) is 0 Å². The molecule has 1 heteroatoms. The van der Waals surface area contributed by atoms with E-state index in [1.54, 1.807) is 0 Å². The molecule has 2 N–H and O–H groups in total. The van der Waals surface area contributed by atoms with Crippen LogP contribution in [0.2, 0.25) is 0 Å². The maximum atomic E-state index is 5.47. The van der Waals surface area contributed by atoms with Gasteiger partial charge < -0.3 is 5.73 Å². The summed E-state index contributed by atoms with van der Waals surface area (Å²) < 4.78 is 0. The lowest BCUT2D eigenvalue weighted by atomic mass is 9.99. The van der Waals surface area contributed by atoms with Gasteiger partial charge in [0.2, 0.25) is 0 Å². The first-order chi connectivity index (χ1) is 5.35. The maximum Gasteiger partial charge on any atom is -0.00717 e. The highest BCUT2D eigenvalue weighted by molar-refractivity contribution is 5.00. The normalized spacial score (nSPS) is 13.6. The summed E-state index contributed by atoms with van der Waals surface area (Å²) >= 11 is 0. The molecular formula is C10H19N. The van der Waals surface area contributed by atoms with Crippen LogP contribution in [0.4, 0.5) is 0 Å². The number of hydrogen-bond donors (Lipinski definition) is 1. The number of allylic oxidation sites excluding steroid dienone is 3. The van der Waals surface area contributed by atoms with E-state index >= 15 is 0 Å². The van der Waals surface area contributed by atoms with Crippen molar-refractivity contribution < 1.29 is 0 Å². The SMILES string of the molecule is C=C/C=C\C(CCC)CCN. The smallest absolute Gasteiger partial charge is 0.00717 e. The molecule has 0 saturated heterocycles. The van der Waals surface area contributed by atoms with Gasteiger partial charge in [0.1, 0.15) is 0 Å². The highest BCUT2D eigenvalue weighted by atomic mass is 14.5. The molecule has 1 unspecified atom stereocenters. The largest absolute Gasteiger partial charge is 0.330 e. The molecule has 0 aliphatic heterocycles. The Hall–Kier alpha value is -0.560. The van der Waals surface area contributed by atoms with E-state index in [0.29, 0.717) is 5.92 Å². The van der Waals surface area contributed by atoms with Crippen molar-refractivity contribution in [3.05, 3.63) is 24.8 Å². The lowest BCUT2D eigenvalue weighted by Crippen LogP contribution is -2.06. The quantitative estimate of drug-likeness (QED) is 0.583. The molecule has 0 amide bonds. The van der Waals surface area contributed by atoms with E-state index in [9.17, 15) is 0 Å². The summed E-state index contributed by atoms with van der Waals surface area (Å²) in [6.07, 6.45) is 9.59. The Morgan fingerprint density at radius 3 is 2.64 bits per heavy atom. The van der Waals surface area contributed by atoms with Crippen LogP contribution in [-0.2, 0) is 0 Å². The monoisotopic (exact) mass is 153 g/mol. The van der Waals surface area contributed by atoms with E-state index in [2.05, 4.69) is 19.6 Å². The topological polar surface area (TPSA) is 26.0 Å². The van der Waals surface area contributed by atoms with Crippen molar-refractivity contribution in [3.63, 3.8) is 0 Å². The Balaban J connectivity index is 3.67. The van der Waals surface area contributed by atoms with Crippen LogP contribution in [0.3, 0.4) is 0 Å². The van der Waals surface area contributed by atoms with Gasteiger partial charge in [0, 0.05) is 0 Å². The molecular weight excluding hydrogens is 134 g/mol.